The first-order chi connectivity index (χ1) is 15.7. The molecule has 0 amide bonds. The van der Waals surface area contributed by atoms with Crippen LogP contribution in [0.25, 0.3) is 10.9 Å². The van der Waals surface area contributed by atoms with E-state index in [-0.39, 0.29) is 5.56 Å². The SMILES string of the molecule is CC1CCCCN1c1nc(Nc2ccc(CN3CCNCC3)cc2)c2c(=O)[nH]ncc2n1. The fourth-order valence-electron chi connectivity index (χ4n) is 4.56. The molecule has 2 aliphatic heterocycles. The van der Waals surface area contributed by atoms with E-state index in [2.05, 4.69) is 54.7 Å². The van der Waals surface area contributed by atoms with Gasteiger partial charge in [-0.05, 0) is 43.9 Å². The number of piperidine rings is 1. The fourth-order valence-corrected chi connectivity index (χ4v) is 4.56. The Hall–Kier alpha value is -3.04. The molecule has 0 spiro atoms. The van der Waals surface area contributed by atoms with E-state index in [1.165, 1.54) is 12.0 Å². The van der Waals surface area contributed by atoms with E-state index in [1.807, 2.05) is 12.1 Å². The van der Waals surface area contributed by atoms with Crippen molar-refractivity contribution in [1.29, 1.82) is 0 Å². The maximum atomic E-state index is 12.6. The third kappa shape index (κ3) is 4.44. The van der Waals surface area contributed by atoms with Crippen LogP contribution in [0.4, 0.5) is 17.5 Å². The number of benzene rings is 1. The number of fused-ring (bicyclic) bond motifs is 1. The van der Waals surface area contributed by atoms with Crippen LogP contribution in [0.2, 0.25) is 0 Å². The molecular formula is C23H30N8O. The predicted molar refractivity (Wildman–Crippen MR) is 126 cm³/mol. The van der Waals surface area contributed by atoms with Crippen LogP contribution < -0.4 is 21.1 Å². The molecule has 2 fully saturated rings. The van der Waals surface area contributed by atoms with E-state index in [1.54, 1.807) is 6.20 Å². The van der Waals surface area contributed by atoms with Gasteiger partial charge in [-0.3, -0.25) is 9.69 Å². The summed E-state index contributed by atoms with van der Waals surface area (Å²) in [5, 5.41) is 13.6. The van der Waals surface area contributed by atoms with Crippen LogP contribution in [-0.4, -0.2) is 63.8 Å². The Bertz CT molecular complexity index is 1120. The molecule has 3 aromatic rings. The van der Waals surface area contributed by atoms with Crippen molar-refractivity contribution >= 4 is 28.4 Å². The summed E-state index contributed by atoms with van der Waals surface area (Å²) in [7, 11) is 0. The number of piperazine rings is 1. The van der Waals surface area contributed by atoms with Crippen LogP contribution in [0.1, 0.15) is 31.7 Å². The molecule has 168 valence electrons. The first kappa shape index (κ1) is 20.8. The Kier molecular flexibility index (Phi) is 6.00. The summed E-state index contributed by atoms with van der Waals surface area (Å²) < 4.78 is 0. The standard InChI is InChI=1S/C23H30N8O/c1-16-4-2-3-11-31(16)23-27-19-14-25-29-22(32)20(19)21(28-23)26-18-7-5-17(6-8-18)15-30-12-9-24-10-13-30/h5-8,14,16,24H,2-4,9-13,15H2,1H3,(H,29,32)(H,26,27,28). The average Bonchev–Trinajstić information content (AvgIpc) is 2.81. The van der Waals surface area contributed by atoms with E-state index in [9.17, 15) is 4.79 Å². The molecule has 0 radical (unpaired) electrons. The molecule has 0 aliphatic carbocycles. The molecule has 1 aromatic carbocycles. The van der Waals surface area contributed by atoms with E-state index in [0.29, 0.717) is 28.7 Å². The van der Waals surface area contributed by atoms with Gasteiger partial charge in [-0.25, -0.2) is 10.1 Å². The van der Waals surface area contributed by atoms with Gasteiger partial charge >= 0.3 is 0 Å². The summed E-state index contributed by atoms with van der Waals surface area (Å²) in [4.78, 5) is 26.7. The Morgan fingerprint density at radius 2 is 1.91 bits per heavy atom. The normalized spacial score (nSPS) is 19.9. The van der Waals surface area contributed by atoms with Crippen molar-refractivity contribution in [3.63, 3.8) is 0 Å². The minimum Gasteiger partial charge on any atom is -0.339 e. The van der Waals surface area contributed by atoms with E-state index in [4.69, 9.17) is 4.98 Å². The summed E-state index contributed by atoms with van der Waals surface area (Å²) in [6.45, 7) is 8.30. The van der Waals surface area contributed by atoms with Crippen LogP contribution in [0, 0.1) is 0 Å². The highest BCUT2D eigenvalue weighted by Gasteiger charge is 2.23. The lowest BCUT2D eigenvalue weighted by Gasteiger charge is -2.33. The van der Waals surface area contributed by atoms with E-state index < -0.39 is 0 Å². The first-order valence-electron chi connectivity index (χ1n) is 11.5. The predicted octanol–water partition coefficient (Wildman–Crippen LogP) is 2.24. The molecule has 4 heterocycles. The maximum Gasteiger partial charge on any atom is 0.277 e. The van der Waals surface area contributed by atoms with Crippen LogP contribution in [0.15, 0.2) is 35.3 Å². The lowest BCUT2D eigenvalue weighted by Crippen LogP contribution is -2.42. The summed E-state index contributed by atoms with van der Waals surface area (Å²) >= 11 is 0. The van der Waals surface area contributed by atoms with Gasteiger partial charge in [-0.1, -0.05) is 12.1 Å². The van der Waals surface area contributed by atoms with Gasteiger partial charge in [-0.15, -0.1) is 0 Å². The molecule has 9 heteroatoms. The molecule has 9 nitrogen and oxygen atoms in total. The smallest absolute Gasteiger partial charge is 0.277 e. The van der Waals surface area contributed by atoms with Gasteiger partial charge in [0.05, 0.1) is 6.20 Å². The minimum atomic E-state index is -0.293. The van der Waals surface area contributed by atoms with Gasteiger partial charge in [0.1, 0.15) is 16.7 Å². The largest absolute Gasteiger partial charge is 0.339 e. The minimum absolute atomic E-state index is 0.293. The molecular weight excluding hydrogens is 404 g/mol. The first-order valence-corrected chi connectivity index (χ1v) is 11.5. The quantitative estimate of drug-likeness (QED) is 0.562. The summed E-state index contributed by atoms with van der Waals surface area (Å²) in [6, 6.07) is 8.72. The van der Waals surface area contributed by atoms with Crippen molar-refractivity contribution in [3.8, 4) is 0 Å². The van der Waals surface area contributed by atoms with Crippen LogP contribution in [0.5, 0.6) is 0 Å². The number of hydrogen-bond acceptors (Lipinski definition) is 8. The number of hydrogen-bond donors (Lipinski definition) is 3. The van der Waals surface area contributed by atoms with Gasteiger partial charge in [0.25, 0.3) is 5.56 Å². The van der Waals surface area contributed by atoms with E-state index >= 15 is 0 Å². The van der Waals surface area contributed by atoms with Crippen LogP contribution in [-0.2, 0) is 6.54 Å². The van der Waals surface area contributed by atoms with E-state index in [0.717, 1.165) is 57.8 Å². The van der Waals surface area contributed by atoms with Gasteiger partial charge in [0.15, 0.2) is 0 Å². The zero-order valence-corrected chi connectivity index (χ0v) is 18.5. The van der Waals surface area contributed by atoms with Gasteiger partial charge < -0.3 is 15.5 Å². The molecule has 32 heavy (non-hydrogen) atoms. The highest BCUT2D eigenvalue weighted by molar-refractivity contribution is 5.90. The number of H-pyrrole nitrogens is 1. The average molecular weight is 435 g/mol. The molecule has 1 atom stereocenters. The summed E-state index contributed by atoms with van der Waals surface area (Å²) in [5.41, 5.74) is 2.42. The third-order valence-corrected chi connectivity index (χ3v) is 6.40. The van der Waals surface area contributed by atoms with Gasteiger partial charge in [-0.2, -0.15) is 10.1 Å². The molecule has 5 rings (SSSR count). The number of aromatic amines is 1. The molecule has 2 aliphatic rings. The van der Waals surface area contributed by atoms with Crippen molar-refractivity contribution in [2.75, 3.05) is 42.9 Å². The number of anilines is 3. The Labute approximate surface area is 187 Å². The number of rotatable bonds is 5. The second-order valence-electron chi connectivity index (χ2n) is 8.72. The summed E-state index contributed by atoms with van der Waals surface area (Å²) in [6.07, 6.45) is 5.05. The lowest BCUT2D eigenvalue weighted by molar-refractivity contribution is 0.233. The highest BCUT2D eigenvalue weighted by Crippen LogP contribution is 2.27. The molecule has 0 saturated carbocycles. The Balaban J connectivity index is 1.43. The van der Waals surface area contributed by atoms with Crippen molar-refractivity contribution in [3.05, 3.63) is 46.4 Å². The zero-order valence-electron chi connectivity index (χ0n) is 18.5. The molecule has 2 aromatic heterocycles. The van der Waals surface area contributed by atoms with Crippen molar-refractivity contribution < 1.29 is 0 Å². The van der Waals surface area contributed by atoms with Crippen molar-refractivity contribution in [2.45, 2.75) is 38.8 Å². The fraction of sp³-hybridized carbons (Fsp3) is 0.478. The monoisotopic (exact) mass is 434 g/mol. The molecule has 1 unspecified atom stereocenters. The van der Waals surface area contributed by atoms with Crippen LogP contribution in [0.3, 0.4) is 0 Å². The zero-order chi connectivity index (χ0) is 21.9. The second kappa shape index (κ2) is 9.22. The molecule has 2 saturated heterocycles. The molecule has 3 N–H and O–H groups in total. The van der Waals surface area contributed by atoms with Gasteiger partial charge in [0, 0.05) is 51.0 Å². The highest BCUT2D eigenvalue weighted by atomic mass is 16.1. The number of nitrogens with one attached hydrogen (secondary N) is 3. The lowest BCUT2D eigenvalue weighted by atomic mass is 10.0. The summed E-state index contributed by atoms with van der Waals surface area (Å²) in [5.74, 6) is 1.16. The topological polar surface area (TPSA) is 102 Å². The Morgan fingerprint density at radius 3 is 2.69 bits per heavy atom. The van der Waals surface area contributed by atoms with Gasteiger partial charge in [0.2, 0.25) is 5.95 Å². The number of aromatic nitrogens is 4. The Morgan fingerprint density at radius 1 is 1.09 bits per heavy atom. The maximum absolute atomic E-state index is 12.6. The third-order valence-electron chi connectivity index (χ3n) is 6.40. The van der Waals surface area contributed by atoms with Crippen molar-refractivity contribution in [1.82, 2.24) is 30.4 Å². The number of nitrogens with zero attached hydrogens (tertiary/aromatic N) is 5. The molecule has 0 bridgehead atoms. The van der Waals surface area contributed by atoms with Crippen molar-refractivity contribution in [2.24, 2.45) is 0 Å². The second-order valence-corrected chi connectivity index (χ2v) is 8.72. The van der Waals surface area contributed by atoms with Crippen LogP contribution >= 0.6 is 0 Å².